The van der Waals surface area contributed by atoms with Crippen LogP contribution in [0.1, 0.15) is 141 Å². The number of nitrogens with zero attached hydrogens (tertiary/aromatic N) is 4. The SMILES string of the molecule is CCCCCCCCCCc1cnc(-c2ccc(OC(=O)CC(C)C(=O)Oc3ccc(-c4ncc(CCCCCCCCCC)cn4)cc3)cc2)nc1. The van der Waals surface area contributed by atoms with E-state index in [2.05, 4.69) is 33.8 Å². The van der Waals surface area contributed by atoms with E-state index in [-0.39, 0.29) is 6.42 Å². The van der Waals surface area contributed by atoms with E-state index in [1.54, 1.807) is 31.2 Å². The zero-order chi connectivity index (χ0) is 37.5. The lowest BCUT2D eigenvalue weighted by molar-refractivity contribution is -0.144. The van der Waals surface area contributed by atoms with Gasteiger partial charge in [-0.1, -0.05) is 111 Å². The van der Waals surface area contributed by atoms with Gasteiger partial charge in [0.2, 0.25) is 0 Å². The van der Waals surface area contributed by atoms with Gasteiger partial charge >= 0.3 is 11.9 Å². The minimum absolute atomic E-state index is 0.110. The number of aromatic nitrogens is 4. The highest BCUT2D eigenvalue weighted by atomic mass is 16.5. The number of hydrogen-bond acceptors (Lipinski definition) is 8. The lowest BCUT2D eigenvalue weighted by Gasteiger charge is -2.11. The summed E-state index contributed by atoms with van der Waals surface area (Å²) in [4.78, 5) is 43.6. The molecule has 0 radical (unpaired) electrons. The minimum atomic E-state index is -0.684. The van der Waals surface area contributed by atoms with E-state index in [9.17, 15) is 9.59 Å². The van der Waals surface area contributed by atoms with Gasteiger partial charge in [0.1, 0.15) is 11.5 Å². The van der Waals surface area contributed by atoms with E-state index in [4.69, 9.17) is 9.47 Å². The van der Waals surface area contributed by atoms with Crippen molar-refractivity contribution in [2.24, 2.45) is 5.92 Å². The van der Waals surface area contributed by atoms with Crippen molar-refractivity contribution in [3.63, 3.8) is 0 Å². The second-order valence-corrected chi connectivity index (χ2v) is 14.3. The van der Waals surface area contributed by atoms with Crippen LogP contribution in [0.3, 0.4) is 0 Å². The first-order valence-corrected chi connectivity index (χ1v) is 20.2. The summed E-state index contributed by atoms with van der Waals surface area (Å²) in [5, 5.41) is 0. The molecule has 0 amide bonds. The molecule has 1 unspecified atom stereocenters. The zero-order valence-electron chi connectivity index (χ0n) is 32.4. The van der Waals surface area contributed by atoms with Crippen molar-refractivity contribution in [3.05, 3.63) is 84.4 Å². The van der Waals surface area contributed by atoms with E-state index in [1.165, 1.54) is 89.9 Å². The van der Waals surface area contributed by atoms with Crippen molar-refractivity contribution >= 4 is 11.9 Å². The van der Waals surface area contributed by atoms with Crippen LogP contribution in [0.25, 0.3) is 22.8 Å². The van der Waals surface area contributed by atoms with Gasteiger partial charge in [-0.2, -0.15) is 0 Å². The van der Waals surface area contributed by atoms with Crippen LogP contribution in [-0.2, 0) is 22.4 Å². The van der Waals surface area contributed by atoms with Gasteiger partial charge in [-0.25, -0.2) is 19.9 Å². The summed E-state index contributed by atoms with van der Waals surface area (Å²) in [5.74, 6) is 0.338. The Morgan fingerprint density at radius 2 is 0.868 bits per heavy atom. The van der Waals surface area contributed by atoms with Crippen LogP contribution in [0.4, 0.5) is 0 Å². The first-order chi connectivity index (χ1) is 25.9. The molecule has 0 aliphatic heterocycles. The molecule has 2 aromatic carbocycles. The molecule has 0 aliphatic rings. The number of aryl methyl sites for hydroxylation is 2. The third kappa shape index (κ3) is 15.6. The fourth-order valence-corrected chi connectivity index (χ4v) is 6.26. The number of unbranched alkanes of at least 4 members (excludes halogenated alkanes) is 14. The molecule has 53 heavy (non-hydrogen) atoms. The van der Waals surface area contributed by atoms with Crippen LogP contribution in [0.2, 0.25) is 0 Å². The topological polar surface area (TPSA) is 104 Å². The second-order valence-electron chi connectivity index (χ2n) is 14.3. The third-order valence-corrected chi connectivity index (χ3v) is 9.60. The number of carbonyl (C=O) groups is 2. The van der Waals surface area contributed by atoms with Crippen LogP contribution < -0.4 is 9.47 Å². The summed E-state index contributed by atoms with van der Waals surface area (Å²) in [6.07, 6.45) is 30.2. The maximum absolute atomic E-state index is 12.8. The summed E-state index contributed by atoms with van der Waals surface area (Å²) >= 11 is 0. The van der Waals surface area contributed by atoms with Crippen LogP contribution in [0, 0.1) is 5.92 Å². The fraction of sp³-hybridized carbons (Fsp3) is 0.511. The van der Waals surface area contributed by atoms with E-state index < -0.39 is 17.9 Å². The van der Waals surface area contributed by atoms with Gasteiger partial charge in [0.25, 0.3) is 0 Å². The van der Waals surface area contributed by atoms with Crippen molar-refractivity contribution in [2.45, 2.75) is 143 Å². The smallest absolute Gasteiger partial charge is 0.314 e. The Kier molecular flexibility index (Phi) is 18.7. The normalized spacial score (nSPS) is 11.7. The molecule has 8 nitrogen and oxygen atoms in total. The summed E-state index contributed by atoms with van der Waals surface area (Å²) in [7, 11) is 0. The largest absolute Gasteiger partial charge is 0.427 e. The van der Waals surface area contributed by atoms with E-state index in [0.717, 1.165) is 47.9 Å². The van der Waals surface area contributed by atoms with Crippen molar-refractivity contribution in [3.8, 4) is 34.3 Å². The molecular weight excluding hydrogens is 661 g/mol. The average Bonchev–Trinajstić information content (AvgIpc) is 3.18. The predicted molar refractivity (Wildman–Crippen MR) is 213 cm³/mol. The van der Waals surface area contributed by atoms with E-state index in [0.29, 0.717) is 23.1 Å². The first kappa shape index (κ1) is 41.3. The van der Waals surface area contributed by atoms with Gasteiger partial charge in [0, 0.05) is 35.9 Å². The number of rotatable bonds is 25. The molecule has 2 aromatic heterocycles. The van der Waals surface area contributed by atoms with E-state index in [1.807, 2.05) is 49.1 Å². The van der Waals surface area contributed by atoms with Crippen molar-refractivity contribution in [1.29, 1.82) is 0 Å². The summed E-state index contributed by atoms with van der Waals surface area (Å²) in [6.45, 7) is 6.15. The summed E-state index contributed by atoms with van der Waals surface area (Å²) in [6, 6.07) is 14.2. The molecule has 0 bridgehead atoms. The Labute approximate surface area is 317 Å². The molecule has 0 aliphatic carbocycles. The molecule has 0 saturated carbocycles. The molecule has 4 rings (SSSR count). The first-order valence-electron chi connectivity index (χ1n) is 20.2. The highest BCUT2D eigenvalue weighted by Gasteiger charge is 2.21. The molecular formula is C45H60N4O4. The standard InChI is InChI=1S/C45H60N4O4/c1-4-6-8-10-12-14-16-18-20-36-31-46-43(47-32-36)38-22-26-40(27-23-38)52-42(50)30-35(3)45(51)53-41-28-24-39(25-29-41)44-48-33-37(34-49-44)21-19-17-15-13-11-9-7-5-2/h22-29,31-35H,4-21,30H2,1-3H3. The molecule has 0 saturated heterocycles. The van der Waals surface area contributed by atoms with E-state index >= 15 is 0 Å². The van der Waals surface area contributed by atoms with Gasteiger partial charge in [0.05, 0.1) is 12.3 Å². The Morgan fingerprint density at radius 3 is 1.26 bits per heavy atom. The predicted octanol–water partition coefficient (Wildman–Crippen LogP) is 11.5. The number of ether oxygens (including phenoxy) is 2. The Morgan fingerprint density at radius 1 is 0.509 bits per heavy atom. The number of benzene rings is 2. The molecule has 4 aromatic rings. The molecule has 0 spiro atoms. The molecule has 284 valence electrons. The Balaban J connectivity index is 1.13. The summed E-state index contributed by atoms with van der Waals surface area (Å²) < 4.78 is 11.1. The van der Waals surface area contributed by atoms with Crippen LogP contribution >= 0.6 is 0 Å². The monoisotopic (exact) mass is 720 g/mol. The molecule has 1 atom stereocenters. The highest BCUT2D eigenvalue weighted by molar-refractivity contribution is 5.82. The number of esters is 2. The van der Waals surface area contributed by atoms with Crippen LogP contribution in [-0.4, -0.2) is 31.9 Å². The quantitative estimate of drug-likeness (QED) is 0.0378. The maximum atomic E-state index is 12.8. The Hall–Kier alpha value is -4.46. The fourth-order valence-electron chi connectivity index (χ4n) is 6.26. The highest BCUT2D eigenvalue weighted by Crippen LogP contribution is 2.23. The van der Waals surface area contributed by atoms with Crippen molar-refractivity contribution in [2.75, 3.05) is 0 Å². The average molecular weight is 721 g/mol. The molecule has 2 heterocycles. The maximum Gasteiger partial charge on any atom is 0.314 e. The van der Waals surface area contributed by atoms with Crippen molar-refractivity contribution in [1.82, 2.24) is 19.9 Å². The summed E-state index contributed by atoms with van der Waals surface area (Å²) in [5.41, 5.74) is 3.97. The van der Waals surface area contributed by atoms with Gasteiger partial charge in [0.15, 0.2) is 11.6 Å². The van der Waals surface area contributed by atoms with Gasteiger partial charge in [-0.3, -0.25) is 9.59 Å². The second kappa shape index (κ2) is 24.0. The molecule has 8 heteroatoms. The van der Waals surface area contributed by atoms with Gasteiger partial charge in [-0.15, -0.1) is 0 Å². The van der Waals surface area contributed by atoms with Gasteiger partial charge < -0.3 is 9.47 Å². The van der Waals surface area contributed by atoms with Crippen molar-refractivity contribution < 1.29 is 19.1 Å². The lowest BCUT2D eigenvalue weighted by Crippen LogP contribution is -2.22. The lowest BCUT2D eigenvalue weighted by atomic mass is 10.1. The zero-order valence-corrected chi connectivity index (χ0v) is 32.4. The number of carbonyl (C=O) groups excluding carboxylic acids is 2. The molecule has 0 fully saturated rings. The third-order valence-electron chi connectivity index (χ3n) is 9.60. The number of hydrogen-bond donors (Lipinski definition) is 0. The van der Waals surface area contributed by atoms with Crippen LogP contribution in [0.5, 0.6) is 11.5 Å². The van der Waals surface area contributed by atoms with Gasteiger partial charge in [-0.05, 0) is 85.3 Å². The molecule has 0 N–H and O–H groups in total. The van der Waals surface area contributed by atoms with Crippen LogP contribution in [0.15, 0.2) is 73.3 Å². The minimum Gasteiger partial charge on any atom is -0.427 e. The Bertz CT molecular complexity index is 1610.